The molecule has 5 rings (SSSR count). The van der Waals surface area contributed by atoms with Crippen LogP contribution in [0.25, 0.3) is 0 Å². The monoisotopic (exact) mass is 423 g/mol. The van der Waals surface area contributed by atoms with E-state index in [9.17, 15) is 4.79 Å². The largest absolute Gasteiger partial charge is 0.330 e. The molecule has 0 N–H and O–H groups in total. The number of aromatic nitrogens is 1. The highest BCUT2D eigenvalue weighted by atomic mass is 32.1. The number of hydrogen-bond acceptors (Lipinski definition) is 4. The lowest BCUT2D eigenvalue weighted by atomic mass is 9.69. The second kappa shape index (κ2) is 7.45. The lowest BCUT2D eigenvalue weighted by molar-refractivity contribution is 0.0156. The average Bonchev–Trinajstić information content (AvgIpc) is 3.13. The Kier molecular flexibility index (Phi) is 5.02. The number of thiazole rings is 1. The van der Waals surface area contributed by atoms with E-state index in [4.69, 9.17) is 0 Å². The fraction of sp³-hybridized carbons (Fsp3) is 0.600. The number of hydrogen-bond donors (Lipinski definition) is 0. The number of fused-ring (bicyclic) bond motifs is 1. The van der Waals surface area contributed by atoms with Crippen LogP contribution in [0.5, 0.6) is 0 Å². The molecule has 30 heavy (non-hydrogen) atoms. The number of nitrogens with zero attached hydrogens (tertiary/aromatic N) is 3. The Bertz CT molecular complexity index is 941. The molecule has 3 fully saturated rings. The Morgan fingerprint density at radius 2 is 1.87 bits per heavy atom. The van der Waals surface area contributed by atoms with Gasteiger partial charge in [-0.3, -0.25) is 9.69 Å². The number of amides is 1. The van der Waals surface area contributed by atoms with Gasteiger partial charge in [-0.05, 0) is 52.1 Å². The molecule has 2 aliphatic heterocycles. The van der Waals surface area contributed by atoms with Crippen LogP contribution in [0.15, 0.2) is 30.3 Å². The molecule has 5 heteroatoms. The van der Waals surface area contributed by atoms with Gasteiger partial charge in [0.1, 0.15) is 4.88 Å². The molecule has 2 aromatic rings. The molecule has 1 aliphatic carbocycles. The Balaban J connectivity index is 1.57. The van der Waals surface area contributed by atoms with Crippen molar-refractivity contribution in [2.45, 2.75) is 83.5 Å². The summed E-state index contributed by atoms with van der Waals surface area (Å²) in [5, 5.41) is 0.987. The molecule has 2 bridgehead atoms. The summed E-state index contributed by atoms with van der Waals surface area (Å²) in [6.07, 6.45) is 7.02. The first-order chi connectivity index (χ1) is 14.4. The number of rotatable bonds is 3. The molecule has 1 aromatic heterocycles. The lowest BCUT2D eigenvalue weighted by Gasteiger charge is -2.49. The zero-order valence-corrected chi connectivity index (χ0v) is 19.4. The Morgan fingerprint density at radius 3 is 2.53 bits per heavy atom. The molecule has 3 heterocycles. The van der Waals surface area contributed by atoms with Gasteiger partial charge in [0, 0.05) is 29.6 Å². The summed E-state index contributed by atoms with van der Waals surface area (Å²) in [6.45, 7) is 6.46. The smallest absolute Gasteiger partial charge is 0.266 e. The van der Waals surface area contributed by atoms with Crippen molar-refractivity contribution in [1.29, 1.82) is 0 Å². The van der Waals surface area contributed by atoms with Gasteiger partial charge in [-0.25, -0.2) is 4.98 Å². The molecule has 2 saturated heterocycles. The number of piperidine rings is 1. The van der Waals surface area contributed by atoms with E-state index in [2.05, 4.69) is 59.1 Å². The first-order valence-electron chi connectivity index (χ1n) is 11.4. The second-order valence-electron chi connectivity index (χ2n) is 9.88. The Hall–Kier alpha value is -1.72. The number of benzene rings is 1. The van der Waals surface area contributed by atoms with Crippen molar-refractivity contribution >= 4 is 17.2 Å². The highest BCUT2D eigenvalue weighted by Gasteiger charge is 2.62. The van der Waals surface area contributed by atoms with Crippen molar-refractivity contribution in [2.24, 2.45) is 5.41 Å². The van der Waals surface area contributed by atoms with Gasteiger partial charge >= 0.3 is 0 Å². The van der Waals surface area contributed by atoms with E-state index in [1.54, 1.807) is 11.3 Å². The van der Waals surface area contributed by atoms with E-state index in [-0.39, 0.29) is 17.4 Å². The molecule has 1 aromatic carbocycles. The molecule has 5 atom stereocenters. The minimum atomic E-state index is 0.187. The maximum absolute atomic E-state index is 14.0. The zero-order valence-electron chi connectivity index (χ0n) is 18.6. The lowest BCUT2D eigenvalue weighted by Crippen LogP contribution is -2.58. The minimum absolute atomic E-state index is 0.187. The summed E-state index contributed by atoms with van der Waals surface area (Å²) >= 11 is 1.57. The van der Waals surface area contributed by atoms with Crippen LogP contribution in [0, 0.1) is 19.3 Å². The van der Waals surface area contributed by atoms with Gasteiger partial charge in [-0.1, -0.05) is 50.1 Å². The van der Waals surface area contributed by atoms with Gasteiger partial charge in [0.2, 0.25) is 0 Å². The molecule has 3 aliphatic rings. The number of likely N-dealkylation sites (N-methyl/N-ethyl adjacent to an activating group) is 1. The summed E-state index contributed by atoms with van der Waals surface area (Å²) in [5.41, 5.74) is 2.45. The summed E-state index contributed by atoms with van der Waals surface area (Å²) in [6, 6.07) is 12.3. The molecule has 1 amide bonds. The van der Waals surface area contributed by atoms with Crippen LogP contribution in [-0.4, -0.2) is 51.9 Å². The number of aryl methyl sites for hydroxylation is 2. The summed E-state index contributed by atoms with van der Waals surface area (Å²) < 4.78 is 0. The van der Waals surface area contributed by atoms with Gasteiger partial charge in [-0.15, -0.1) is 11.3 Å². The average molecular weight is 424 g/mol. The molecule has 160 valence electrons. The molecule has 4 nitrogen and oxygen atoms in total. The van der Waals surface area contributed by atoms with E-state index in [0.717, 1.165) is 34.8 Å². The Labute approximate surface area is 184 Å². The van der Waals surface area contributed by atoms with Crippen LogP contribution in [-0.2, 0) is 6.42 Å². The van der Waals surface area contributed by atoms with Crippen LogP contribution in [0.3, 0.4) is 0 Å². The van der Waals surface area contributed by atoms with Gasteiger partial charge in [0.15, 0.2) is 0 Å². The van der Waals surface area contributed by atoms with Crippen LogP contribution in [0.2, 0.25) is 0 Å². The van der Waals surface area contributed by atoms with Crippen LogP contribution < -0.4 is 0 Å². The minimum Gasteiger partial charge on any atom is -0.330 e. The van der Waals surface area contributed by atoms with Gasteiger partial charge < -0.3 is 4.90 Å². The van der Waals surface area contributed by atoms with E-state index in [1.165, 1.54) is 24.8 Å². The number of likely N-dealkylation sites (tertiary alicyclic amines) is 2. The highest BCUT2D eigenvalue weighted by molar-refractivity contribution is 7.13. The summed E-state index contributed by atoms with van der Waals surface area (Å²) in [4.78, 5) is 24.4. The predicted molar refractivity (Wildman–Crippen MR) is 122 cm³/mol. The maximum Gasteiger partial charge on any atom is 0.266 e. The van der Waals surface area contributed by atoms with Crippen molar-refractivity contribution in [3.8, 4) is 0 Å². The van der Waals surface area contributed by atoms with Crippen molar-refractivity contribution in [3.63, 3.8) is 0 Å². The zero-order chi connectivity index (χ0) is 21.0. The molecule has 0 radical (unpaired) electrons. The first kappa shape index (κ1) is 20.2. The van der Waals surface area contributed by atoms with Crippen LogP contribution in [0.4, 0.5) is 0 Å². The van der Waals surface area contributed by atoms with E-state index in [0.29, 0.717) is 18.1 Å². The third kappa shape index (κ3) is 3.04. The quantitative estimate of drug-likeness (QED) is 0.708. The summed E-state index contributed by atoms with van der Waals surface area (Å²) in [5.74, 6) is 0.228. The first-order valence-corrected chi connectivity index (χ1v) is 12.2. The fourth-order valence-electron chi connectivity index (χ4n) is 6.83. The molecule has 1 saturated carbocycles. The van der Waals surface area contributed by atoms with Gasteiger partial charge in [0.25, 0.3) is 5.91 Å². The van der Waals surface area contributed by atoms with Crippen molar-refractivity contribution in [1.82, 2.24) is 14.8 Å². The van der Waals surface area contributed by atoms with E-state index in [1.807, 2.05) is 13.8 Å². The molecule has 0 unspecified atom stereocenters. The molecular weight excluding hydrogens is 390 g/mol. The normalized spacial score (nSPS) is 33.5. The van der Waals surface area contributed by atoms with Gasteiger partial charge in [0.05, 0.1) is 10.7 Å². The maximum atomic E-state index is 14.0. The SMILES string of the molecule is Cc1nc(C)c(C(=O)N2[C@H]3CCCC[C@H]4N(C)[C@@H](Cc5ccccc5)[C@@H]2C[C@@]34C)s1. The predicted octanol–water partition coefficient (Wildman–Crippen LogP) is 4.85. The number of carbonyl (C=O) groups is 1. The highest BCUT2D eigenvalue weighted by Crippen LogP contribution is 2.55. The fourth-order valence-corrected chi connectivity index (χ4v) is 7.70. The molecular formula is C25H33N3OS. The van der Waals surface area contributed by atoms with E-state index < -0.39 is 0 Å². The van der Waals surface area contributed by atoms with E-state index >= 15 is 0 Å². The third-order valence-corrected chi connectivity index (χ3v) is 9.21. The van der Waals surface area contributed by atoms with Gasteiger partial charge in [-0.2, -0.15) is 0 Å². The topological polar surface area (TPSA) is 36.4 Å². The number of carbonyl (C=O) groups excluding carboxylic acids is 1. The second-order valence-corrected chi connectivity index (χ2v) is 11.1. The summed E-state index contributed by atoms with van der Waals surface area (Å²) in [7, 11) is 2.32. The molecule has 0 spiro atoms. The van der Waals surface area contributed by atoms with Crippen molar-refractivity contribution in [3.05, 3.63) is 51.5 Å². The van der Waals surface area contributed by atoms with Crippen LogP contribution in [0.1, 0.15) is 65.0 Å². The van der Waals surface area contributed by atoms with Crippen molar-refractivity contribution < 1.29 is 4.79 Å². The standard InChI is InChI=1S/C25H33N3OS/c1-16-23(30-17(2)26-16)24(29)28-20-15-25(3)21(12-8-9-13-22(25)28)27(4)19(20)14-18-10-6-5-7-11-18/h5-7,10-11,19-22H,8-9,12-15H2,1-4H3/t19-,20-,21+,22-,25+/m0/s1. The third-order valence-electron chi connectivity index (χ3n) is 8.15. The van der Waals surface area contributed by atoms with Crippen LogP contribution >= 0.6 is 11.3 Å². The van der Waals surface area contributed by atoms with Crippen molar-refractivity contribution in [2.75, 3.05) is 7.05 Å². The Morgan fingerprint density at radius 1 is 1.17 bits per heavy atom.